The van der Waals surface area contributed by atoms with E-state index in [1.807, 2.05) is 38.1 Å². The standard InChI is InChI=1S/C17H29N5O.HI/c1-6-13(4)21-16(18-5)19-11-14-7-9-15(10-8-14)22-17(23)20-12(2)3;/h7-10,12-13H,6,11H2,1-5H3,(H2,18,19,21)(H2,20,22,23);1H. The zero-order valence-corrected chi connectivity index (χ0v) is 17.5. The number of urea groups is 1. The van der Waals surface area contributed by atoms with Crippen molar-refractivity contribution < 1.29 is 4.79 Å². The van der Waals surface area contributed by atoms with Crippen LogP contribution >= 0.6 is 24.0 Å². The van der Waals surface area contributed by atoms with Gasteiger partial charge in [0.1, 0.15) is 0 Å². The molecule has 0 spiro atoms. The monoisotopic (exact) mass is 447 g/mol. The summed E-state index contributed by atoms with van der Waals surface area (Å²) >= 11 is 0. The maximum Gasteiger partial charge on any atom is 0.319 e. The maximum absolute atomic E-state index is 11.6. The molecule has 0 saturated heterocycles. The van der Waals surface area contributed by atoms with E-state index in [0.717, 1.165) is 23.6 Å². The van der Waals surface area contributed by atoms with E-state index < -0.39 is 0 Å². The summed E-state index contributed by atoms with van der Waals surface area (Å²) in [6.07, 6.45) is 1.04. The molecule has 1 rings (SSSR count). The molecule has 0 radical (unpaired) electrons. The highest BCUT2D eigenvalue weighted by atomic mass is 127. The SMILES string of the molecule is CCC(C)NC(=NC)NCc1ccc(NC(=O)NC(C)C)cc1.I. The molecule has 0 aliphatic heterocycles. The van der Waals surface area contributed by atoms with Crippen molar-refractivity contribution in [1.29, 1.82) is 0 Å². The van der Waals surface area contributed by atoms with Crippen molar-refractivity contribution in [1.82, 2.24) is 16.0 Å². The van der Waals surface area contributed by atoms with Crippen LogP contribution in [-0.4, -0.2) is 31.1 Å². The number of nitrogens with one attached hydrogen (secondary N) is 4. The van der Waals surface area contributed by atoms with Crippen LogP contribution in [0, 0.1) is 0 Å². The Kier molecular flexibility index (Phi) is 11.2. The number of hydrogen-bond acceptors (Lipinski definition) is 2. The Bertz CT molecular complexity index is 516. The van der Waals surface area contributed by atoms with Gasteiger partial charge in [-0.3, -0.25) is 4.99 Å². The normalized spacial score (nSPS) is 12.2. The van der Waals surface area contributed by atoms with Crippen LogP contribution in [0.25, 0.3) is 0 Å². The molecule has 1 aromatic rings. The fraction of sp³-hybridized carbons (Fsp3) is 0.529. The molecular formula is C17H30IN5O. The number of carbonyl (C=O) groups excluding carboxylic acids is 1. The average molecular weight is 447 g/mol. The largest absolute Gasteiger partial charge is 0.354 e. The summed E-state index contributed by atoms with van der Waals surface area (Å²) in [4.78, 5) is 15.8. The minimum absolute atomic E-state index is 0. The smallest absolute Gasteiger partial charge is 0.319 e. The summed E-state index contributed by atoms with van der Waals surface area (Å²) in [5.41, 5.74) is 1.89. The second-order valence-electron chi connectivity index (χ2n) is 5.83. The maximum atomic E-state index is 11.6. The third-order valence-electron chi connectivity index (χ3n) is 3.31. The molecule has 1 unspecified atom stereocenters. The summed E-state index contributed by atoms with van der Waals surface area (Å²) in [5.74, 6) is 0.790. The zero-order chi connectivity index (χ0) is 17.2. The van der Waals surface area contributed by atoms with E-state index in [4.69, 9.17) is 0 Å². The summed E-state index contributed by atoms with van der Waals surface area (Å²) in [5, 5.41) is 12.2. The van der Waals surface area contributed by atoms with Crippen molar-refractivity contribution in [3.63, 3.8) is 0 Å². The van der Waals surface area contributed by atoms with Gasteiger partial charge in [0.25, 0.3) is 0 Å². The Labute approximate surface area is 162 Å². The lowest BCUT2D eigenvalue weighted by atomic mass is 10.2. The number of hydrogen-bond donors (Lipinski definition) is 4. The number of carbonyl (C=O) groups is 1. The van der Waals surface area contributed by atoms with E-state index >= 15 is 0 Å². The third-order valence-corrected chi connectivity index (χ3v) is 3.31. The molecule has 0 aliphatic rings. The van der Waals surface area contributed by atoms with E-state index in [2.05, 4.69) is 40.1 Å². The number of amides is 2. The highest BCUT2D eigenvalue weighted by Crippen LogP contribution is 2.09. The van der Waals surface area contributed by atoms with Crippen molar-refractivity contribution in [2.24, 2.45) is 4.99 Å². The number of rotatable bonds is 6. The lowest BCUT2D eigenvalue weighted by molar-refractivity contribution is 0.250. The van der Waals surface area contributed by atoms with Crippen LogP contribution in [0.15, 0.2) is 29.3 Å². The second-order valence-corrected chi connectivity index (χ2v) is 5.83. The van der Waals surface area contributed by atoms with Gasteiger partial charge in [0.15, 0.2) is 5.96 Å². The average Bonchev–Trinajstić information content (AvgIpc) is 2.51. The molecule has 7 heteroatoms. The van der Waals surface area contributed by atoms with Gasteiger partial charge in [-0.15, -0.1) is 24.0 Å². The van der Waals surface area contributed by atoms with E-state index in [1.54, 1.807) is 7.05 Å². The predicted molar refractivity (Wildman–Crippen MR) is 112 cm³/mol. The number of guanidine groups is 1. The molecule has 4 N–H and O–H groups in total. The van der Waals surface area contributed by atoms with Crippen LogP contribution in [-0.2, 0) is 6.54 Å². The van der Waals surface area contributed by atoms with Crippen LogP contribution in [0.5, 0.6) is 0 Å². The van der Waals surface area contributed by atoms with E-state index in [1.165, 1.54) is 0 Å². The van der Waals surface area contributed by atoms with Crippen molar-refractivity contribution >= 4 is 41.7 Å². The van der Waals surface area contributed by atoms with Gasteiger partial charge in [0, 0.05) is 31.4 Å². The molecule has 0 bridgehead atoms. The number of nitrogens with zero attached hydrogens (tertiary/aromatic N) is 1. The summed E-state index contributed by atoms with van der Waals surface area (Å²) in [7, 11) is 1.76. The molecule has 1 atom stereocenters. The van der Waals surface area contributed by atoms with Crippen LogP contribution in [0.1, 0.15) is 39.7 Å². The van der Waals surface area contributed by atoms with Crippen molar-refractivity contribution in [3.8, 4) is 0 Å². The molecular weight excluding hydrogens is 417 g/mol. The minimum atomic E-state index is -0.191. The minimum Gasteiger partial charge on any atom is -0.354 e. The van der Waals surface area contributed by atoms with Gasteiger partial charge in [-0.25, -0.2) is 4.79 Å². The first-order valence-electron chi connectivity index (χ1n) is 8.08. The van der Waals surface area contributed by atoms with Gasteiger partial charge in [-0.05, 0) is 44.9 Å². The zero-order valence-electron chi connectivity index (χ0n) is 15.1. The Morgan fingerprint density at radius 2 is 1.75 bits per heavy atom. The first-order valence-corrected chi connectivity index (χ1v) is 8.08. The molecule has 24 heavy (non-hydrogen) atoms. The fourth-order valence-electron chi connectivity index (χ4n) is 1.85. The first kappa shape index (κ1) is 22.5. The van der Waals surface area contributed by atoms with Crippen molar-refractivity contribution in [2.45, 2.75) is 52.7 Å². The van der Waals surface area contributed by atoms with E-state index in [-0.39, 0.29) is 36.0 Å². The molecule has 1 aromatic carbocycles. The van der Waals surface area contributed by atoms with Crippen LogP contribution in [0.3, 0.4) is 0 Å². The van der Waals surface area contributed by atoms with Gasteiger partial charge < -0.3 is 21.3 Å². The number of anilines is 1. The second kappa shape index (κ2) is 11.9. The topological polar surface area (TPSA) is 77.6 Å². The van der Waals surface area contributed by atoms with E-state index in [9.17, 15) is 4.79 Å². The van der Waals surface area contributed by atoms with Gasteiger partial charge in [-0.2, -0.15) is 0 Å². The molecule has 0 saturated carbocycles. The number of benzene rings is 1. The van der Waals surface area contributed by atoms with Crippen molar-refractivity contribution in [3.05, 3.63) is 29.8 Å². The fourth-order valence-corrected chi connectivity index (χ4v) is 1.85. The van der Waals surface area contributed by atoms with Crippen LogP contribution in [0.2, 0.25) is 0 Å². The molecule has 136 valence electrons. The Morgan fingerprint density at radius 3 is 2.25 bits per heavy atom. The molecule has 0 fully saturated rings. The number of halogens is 1. The van der Waals surface area contributed by atoms with Gasteiger partial charge in [-0.1, -0.05) is 19.1 Å². The molecule has 0 aromatic heterocycles. The molecule has 2 amide bonds. The first-order chi connectivity index (χ1) is 10.9. The molecule has 6 nitrogen and oxygen atoms in total. The van der Waals surface area contributed by atoms with Gasteiger partial charge in [0.05, 0.1) is 0 Å². The lowest BCUT2D eigenvalue weighted by Crippen LogP contribution is -2.41. The van der Waals surface area contributed by atoms with Crippen LogP contribution in [0.4, 0.5) is 10.5 Å². The third kappa shape index (κ3) is 8.95. The summed E-state index contributed by atoms with van der Waals surface area (Å²) in [6, 6.07) is 8.05. The van der Waals surface area contributed by atoms with Gasteiger partial charge in [0.2, 0.25) is 0 Å². The molecule has 0 heterocycles. The Morgan fingerprint density at radius 1 is 1.12 bits per heavy atom. The van der Waals surface area contributed by atoms with Crippen LogP contribution < -0.4 is 21.3 Å². The van der Waals surface area contributed by atoms with Gasteiger partial charge >= 0.3 is 6.03 Å². The Balaban J connectivity index is 0.00000529. The highest BCUT2D eigenvalue weighted by molar-refractivity contribution is 14.0. The summed E-state index contributed by atoms with van der Waals surface area (Å²) < 4.78 is 0. The van der Waals surface area contributed by atoms with E-state index in [0.29, 0.717) is 12.6 Å². The molecule has 0 aliphatic carbocycles. The highest BCUT2D eigenvalue weighted by Gasteiger charge is 2.04. The van der Waals surface area contributed by atoms with Crippen molar-refractivity contribution in [2.75, 3.05) is 12.4 Å². The lowest BCUT2D eigenvalue weighted by Gasteiger charge is -2.16. The quantitative estimate of drug-likeness (QED) is 0.307. The summed E-state index contributed by atoms with van der Waals surface area (Å²) in [6.45, 7) is 8.78. The number of aliphatic imine (C=N–C) groups is 1. The predicted octanol–water partition coefficient (Wildman–Crippen LogP) is 3.30. The Hall–Kier alpha value is -1.51.